The van der Waals surface area contributed by atoms with Gasteiger partial charge in [0.05, 0.1) is 6.04 Å². The van der Waals surface area contributed by atoms with Crippen LogP contribution >= 0.6 is 0 Å². The standard InChI is InChI=1S/C21H31N3O3/c1-15(2)10-20(25)24-13-17-11-23(12-18(17)14-24)9-8-19(22-21(26)27)16-6-4-3-5-7-16/h3-7,15,17-19,22H,8-14H2,1-2H3,(H,26,27)/t17-,18?,19?/m0/s1. The van der Waals surface area contributed by atoms with Gasteiger partial charge >= 0.3 is 6.09 Å². The number of carbonyl (C=O) groups excluding carboxylic acids is 1. The molecule has 27 heavy (non-hydrogen) atoms. The number of carbonyl (C=O) groups is 2. The molecule has 148 valence electrons. The van der Waals surface area contributed by atoms with Crippen molar-refractivity contribution in [2.45, 2.75) is 32.7 Å². The Kier molecular flexibility index (Phi) is 6.37. The molecule has 1 aromatic carbocycles. The molecule has 2 heterocycles. The average Bonchev–Trinajstić information content (AvgIpc) is 3.17. The molecule has 2 saturated heterocycles. The molecule has 2 aliphatic heterocycles. The van der Waals surface area contributed by atoms with Crippen LogP contribution in [-0.4, -0.2) is 59.6 Å². The Bertz CT molecular complexity index is 635. The van der Waals surface area contributed by atoms with Gasteiger partial charge in [-0.25, -0.2) is 4.79 Å². The fourth-order valence-electron chi connectivity index (χ4n) is 4.42. The summed E-state index contributed by atoms with van der Waals surface area (Å²) in [4.78, 5) is 27.9. The van der Waals surface area contributed by atoms with Gasteiger partial charge in [-0.1, -0.05) is 44.2 Å². The summed E-state index contributed by atoms with van der Waals surface area (Å²) >= 11 is 0. The van der Waals surface area contributed by atoms with Gasteiger partial charge in [0.2, 0.25) is 5.91 Å². The van der Waals surface area contributed by atoms with Crippen LogP contribution in [0.1, 0.15) is 38.3 Å². The Labute approximate surface area is 161 Å². The van der Waals surface area contributed by atoms with Gasteiger partial charge in [-0.3, -0.25) is 4.79 Å². The summed E-state index contributed by atoms with van der Waals surface area (Å²) in [7, 11) is 0. The Balaban J connectivity index is 1.49. The molecule has 0 bridgehead atoms. The fraction of sp³-hybridized carbons (Fsp3) is 0.619. The van der Waals surface area contributed by atoms with Gasteiger partial charge in [0.15, 0.2) is 0 Å². The van der Waals surface area contributed by atoms with Crippen LogP contribution in [0.4, 0.5) is 4.79 Å². The van der Waals surface area contributed by atoms with Gasteiger partial charge in [0.1, 0.15) is 0 Å². The Morgan fingerprint density at radius 3 is 2.30 bits per heavy atom. The zero-order chi connectivity index (χ0) is 19.4. The molecule has 2 N–H and O–H groups in total. The molecule has 0 aliphatic carbocycles. The van der Waals surface area contributed by atoms with Crippen LogP contribution in [0.3, 0.4) is 0 Å². The van der Waals surface area contributed by atoms with Crippen molar-refractivity contribution in [1.82, 2.24) is 15.1 Å². The molecule has 2 fully saturated rings. The summed E-state index contributed by atoms with van der Waals surface area (Å²) in [6.45, 7) is 8.81. The minimum atomic E-state index is -0.985. The number of hydrogen-bond acceptors (Lipinski definition) is 3. The number of amides is 2. The minimum absolute atomic E-state index is 0.187. The lowest BCUT2D eigenvalue weighted by Crippen LogP contribution is -2.35. The average molecular weight is 373 g/mol. The molecule has 2 aliphatic rings. The van der Waals surface area contributed by atoms with E-state index < -0.39 is 6.09 Å². The third-order valence-corrected chi connectivity index (χ3v) is 5.73. The lowest BCUT2D eigenvalue weighted by atomic mass is 10.0. The first-order chi connectivity index (χ1) is 12.9. The molecule has 0 saturated carbocycles. The van der Waals surface area contributed by atoms with E-state index in [9.17, 15) is 9.59 Å². The SMILES string of the molecule is CC(C)CC(=O)N1CC2CN(CCC(NC(=O)O)c3ccccc3)C[C@H]2C1. The first kappa shape index (κ1) is 19.7. The molecule has 3 atom stereocenters. The highest BCUT2D eigenvalue weighted by atomic mass is 16.4. The van der Waals surface area contributed by atoms with Gasteiger partial charge < -0.3 is 20.2 Å². The maximum absolute atomic E-state index is 12.3. The number of likely N-dealkylation sites (tertiary alicyclic amines) is 2. The Hall–Kier alpha value is -2.08. The van der Waals surface area contributed by atoms with Gasteiger partial charge in [0.25, 0.3) is 0 Å². The van der Waals surface area contributed by atoms with Crippen molar-refractivity contribution in [3.8, 4) is 0 Å². The highest BCUT2D eigenvalue weighted by Gasteiger charge is 2.41. The Morgan fingerprint density at radius 1 is 1.11 bits per heavy atom. The second kappa shape index (κ2) is 8.74. The highest BCUT2D eigenvalue weighted by Crippen LogP contribution is 2.32. The number of nitrogens with one attached hydrogen (secondary N) is 1. The third kappa shape index (κ3) is 5.22. The minimum Gasteiger partial charge on any atom is -0.465 e. The molecular weight excluding hydrogens is 342 g/mol. The van der Waals surface area contributed by atoms with Crippen LogP contribution in [0.25, 0.3) is 0 Å². The van der Waals surface area contributed by atoms with Crippen LogP contribution in [0, 0.1) is 17.8 Å². The zero-order valence-electron chi connectivity index (χ0n) is 16.3. The van der Waals surface area contributed by atoms with E-state index in [1.54, 1.807) is 0 Å². The van der Waals surface area contributed by atoms with Gasteiger partial charge in [-0.15, -0.1) is 0 Å². The van der Waals surface area contributed by atoms with Crippen molar-refractivity contribution in [2.24, 2.45) is 17.8 Å². The van der Waals surface area contributed by atoms with E-state index in [1.807, 2.05) is 35.2 Å². The number of carboxylic acid groups (broad SMARTS) is 1. The molecule has 2 unspecified atom stereocenters. The van der Waals surface area contributed by atoms with Crippen LogP contribution < -0.4 is 5.32 Å². The first-order valence-electron chi connectivity index (χ1n) is 9.97. The topological polar surface area (TPSA) is 72.9 Å². The molecule has 6 heteroatoms. The monoisotopic (exact) mass is 373 g/mol. The summed E-state index contributed by atoms with van der Waals surface area (Å²) in [5.74, 6) is 1.82. The Morgan fingerprint density at radius 2 is 1.74 bits per heavy atom. The first-order valence-corrected chi connectivity index (χ1v) is 9.97. The second-order valence-electron chi connectivity index (χ2n) is 8.38. The van der Waals surface area contributed by atoms with Crippen molar-refractivity contribution in [3.05, 3.63) is 35.9 Å². The van der Waals surface area contributed by atoms with Crippen molar-refractivity contribution < 1.29 is 14.7 Å². The summed E-state index contributed by atoms with van der Waals surface area (Å²) in [6, 6.07) is 9.57. The molecule has 0 radical (unpaired) electrons. The number of nitrogens with zero attached hydrogens (tertiary/aromatic N) is 2. The molecule has 2 amide bonds. The third-order valence-electron chi connectivity index (χ3n) is 5.73. The second-order valence-corrected chi connectivity index (χ2v) is 8.38. The van der Waals surface area contributed by atoms with Crippen LogP contribution in [0.2, 0.25) is 0 Å². The summed E-state index contributed by atoms with van der Waals surface area (Å²) in [5.41, 5.74) is 1.00. The molecule has 1 aromatic rings. The highest BCUT2D eigenvalue weighted by molar-refractivity contribution is 5.76. The van der Waals surface area contributed by atoms with Gasteiger partial charge in [0, 0.05) is 39.1 Å². The van der Waals surface area contributed by atoms with E-state index in [1.165, 1.54) is 0 Å². The van der Waals surface area contributed by atoms with Crippen molar-refractivity contribution in [2.75, 3.05) is 32.7 Å². The lowest BCUT2D eigenvalue weighted by Gasteiger charge is -2.24. The lowest BCUT2D eigenvalue weighted by molar-refractivity contribution is -0.131. The number of fused-ring (bicyclic) bond motifs is 1. The number of rotatable bonds is 7. The van der Waals surface area contributed by atoms with E-state index in [0.29, 0.717) is 30.1 Å². The van der Waals surface area contributed by atoms with Crippen molar-refractivity contribution >= 4 is 12.0 Å². The predicted molar refractivity (Wildman–Crippen MR) is 104 cm³/mol. The molecule has 6 nitrogen and oxygen atoms in total. The largest absolute Gasteiger partial charge is 0.465 e. The van der Waals surface area contributed by atoms with E-state index in [4.69, 9.17) is 5.11 Å². The van der Waals surface area contributed by atoms with E-state index in [0.717, 1.165) is 44.7 Å². The molecule has 0 spiro atoms. The normalized spacial score (nSPS) is 23.4. The van der Waals surface area contributed by atoms with Gasteiger partial charge in [-0.05, 0) is 29.7 Å². The number of hydrogen-bond donors (Lipinski definition) is 2. The van der Waals surface area contributed by atoms with Crippen LogP contribution in [-0.2, 0) is 4.79 Å². The zero-order valence-corrected chi connectivity index (χ0v) is 16.3. The van der Waals surface area contributed by atoms with E-state index in [2.05, 4.69) is 24.1 Å². The maximum Gasteiger partial charge on any atom is 0.405 e. The van der Waals surface area contributed by atoms with E-state index in [-0.39, 0.29) is 6.04 Å². The summed E-state index contributed by atoms with van der Waals surface area (Å²) in [6.07, 6.45) is 0.413. The molecule has 0 aromatic heterocycles. The fourth-order valence-corrected chi connectivity index (χ4v) is 4.42. The van der Waals surface area contributed by atoms with Crippen LogP contribution in [0.5, 0.6) is 0 Å². The number of benzene rings is 1. The molecule has 3 rings (SSSR count). The summed E-state index contributed by atoms with van der Waals surface area (Å²) in [5, 5.41) is 11.8. The van der Waals surface area contributed by atoms with E-state index >= 15 is 0 Å². The quantitative estimate of drug-likeness (QED) is 0.771. The smallest absolute Gasteiger partial charge is 0.405 e. The van der Waals surface area contributed by atoms with Crippen LogP contribution in [0.15, 0.2) is 30.3 Å². The molecular formula is C21H31N3O3. The van der Waals surface area contributed by atoms with Crippen molar-refractivity contribution in [3.63, 3.8) is 0 Å². The predicted octanol–water partition coefficient (Wildman–Crippen LogP) is 2.82. The summed E-state index contributed by atoms with van der Waals surface area (Å²) < 4.78 is 0. The van der Waals surface area contributed by atoms with Gasteiger partial charge in [-0.2, -0.15) is 0 Å². The van der Waals surface area contributed by atoms with Crippen molar-refractivity contribution in [1.29, 1.82) is 0 Å². The maximum atomic E-state index is 12.3.